The number of amides is 1. The van der Waals surface area contributed by atoms with Gasteiger partial charge in [-0.2, -0.15) is 5.26 Å². The normalized spacial score (nSPS) is 9.81. The minimum absolute atomic E-state index is 0.103. The zero-order valence-electron chi connectivity index (χ0n) is 9.60. The van der Waals surface area contributed by atoms with Crippen LogP contribution in [0.5, 0.6) is 0 Å². The third-order valence-corrected chi connectivity index (χ3v) is 2.38. The summed E-state index contributed by atoms with van der Waals surface area (Å²) in [7, 11) is 1.68. The minimum atomic E-state index is -0.103. The summed E-state index contributed by atoms with van der Waals surface area (Å²) in [6.45, 7) is 3.08. The van der Waals surface area contributed by atoms with Crippen molar-refractivity contribution in [1.29, 1.82) is 5.26 Å². The lowest BCUT2D eigenvalue weighted by molar-refractivity contribution is 0.0787. The zero-order valence-corrected chi connectivity index (χ0v) is 9.60. The molecule has 0 fully saturated rings. The summed E-state index contributed by atoms with van der Waals surface area (Å²) in [5, 5.41) is 8.46. The van der Waals surface area contributed by atoms with Crippen molar-refractivity contribution < 1.29 is 4.79 Å². The van der Waals surface area contributed by atoms with Gasteiger partial charge >= 0.3 is 0 Å². The Morgan fingerprint density at radius 1 is 1.69 bits per heavy atom. The van der Waals surface area contributed by atoms with E-state index < -0.39 is 0 Å². The summed E-state index contributed by atoms with van der Waals surface area (Å²) in [5.41, 5.74) is 6.80. The molecule has 1 aromatic rings. The molecule has 0 saturated heterocycles. The van der Waals surface area contributed by atoms with Gasteiger partial charge in [-0.1, -0.05) is 0 Å². The first-order valence-electron chi connectivity index (χ1n) is 5.18. The van der Waals surface area contributed by atoms with Gasteiger partial charge in [0.15, 0.2) is 0 Å². The van der Waals surface area contributed by atoms with Crippen molar-refractivity contribution in [2.24, 2.45) is 0 Å². The average molecular weight is 220 g/mol. The fourth-order valence-corrected chi connectivity index (χ4v) is 1.49. The summed E-state index contributed by atoms with van der Waals surface area (Å²) >= 11 is 0. The largest absolute Gasteiger partial charge is 0.397 e. The number of anilines is 1. The lowest BCUT2D eigenvalue weighted by Crippen LogP contribution is -2.29. The van der Waals surface area contributed by atoms with E-state index in [2.05, 4.69) is 0 Å². The molecule has 0 saturated carbocycles. The number of aromatic nitrogens is 1. The van der Waals surface area contributed by atoms with Gasteiger partial charge in [0.1, 0.15) is 5.69 Å². The van der Waals surface area contributed by atoms with Gasteiger partial charge in [0.2, 0.25) is 0 Å². The molecule has 0 spiro atoms. The highest BCUT2D eigenvalue weighted by molar-refractivity contribution is 5.93. The van der Waals surface area contributed by atoms with Crippen LogP contribution in [0.15, 0.2) is 12.3 Å². The predicted octanol–water partition coefficient (Wildman–Crippen LogP) is 1.08. The Labute approximate surface area is 95.1 Å². The Kier molecular flexibility index (Phi) is 3.95. The molecule has 1 aromatic heterocycles. The Bertz CT molecular complexity index is 416. The van der Waals surface area contributed by atoms with Crippen molar-refractivity contribution in [1.82, 2.24) is 9.47 Å². The average Bonchev–Trinajstić information content (AvgIpc) is 2.66. The van der Waals surface area contributed by atoms with Crippen molar-refractivity contribution in [3.8, 4) is 6.07 Å². The zero-order chi connectivity index (χ0) is 12.1. The van der Waals surface area contributed by atoms with Crippen LogP contribution in [0, 0.1) is 11.3 Å². The standard InChI is InChI=1S/C11H16N4O/c1-3-15-8-9(13)7-10(15)11(16)14(2)6-4-5-12/h7-8H,3-4,6,13H2,1-2H3. The number of nitriles is 1. The second-order valence-corrected chi connectivity index (χ2v) is 3.58. The van der Waals surface area contributed by atoms with E-state index in [9.17, 15) is 4.79 Å². The van der Waals surface area contributed by atoms with Crippen LogP contribution in [0.1, 0.15) is 23.8 Å². The maximum atomic E-state index is 12.0. The number of nitrogens with two attached hydrogens (primary N) is 1. The Morgan fingerprint density at radius 2 is 2.38 bits per heavy atom. The highest BCUT2D eigenvalue weighted by Gasteiger charge is 2.15. The van der Waals surface area contributed by atoms with Crippen LogP contribution in [0.25, 0.3) is 0 Å². The van der Waals surface area contributed by atoms with Crippen LogP contribution in [-0.2, 0) is 6.54 Å². The van der Waals surface area contributed by atoms with Gasteiger partial charge in [-0.15, -0.1) is 0 Å². The Hall–Kier alpha value is -1.96. The van der Waals surface area contributed by atoms with Gasteiger partial charge in [0.25, 0.3) is 5.91 Å². The third-order valence-electron chi connectivity index (χ3n) is 2.38. The topological polar surface area (TPSA) is 75.0 Å². The number of hydrogen-bond donors (Lipinski definition) is 1. The molecule has 0 aromatic carbocycles. The number of hydrogen-bond acceptors (Lipinski definition) is 3. The van der Waals surface area contributed by atoms with Crippen LogP contribution >= 0.6 is 0 Å². The molecule has 86 valence electrons. The molecule has 0 aliphatic rings. The van der Waals surface area contributed by atoms with Gasteiger partial charge in [-0.25, -0.2) is 0 Å². The maximum Gasteiger partial charge on any atom is 0.270 e. The fraction of sp³-hybridized carbons (Fsp3) is 0.455. The number of rotatable bonds is 4. The van der Waals surface area contributed by atoms with Crippen LogP contribution in [-0.4, -0.2) is 29.0 Å². The number of carbonyl (C=O) groups excluding carboxylic acids is 1. The first-order valence-corrected chi connectivity index (χ1v) is 5.18. The Balaban J connectivity index is 2.83. The molecule has 5 heteroatoms. The van der Waals surface area contributed by atoms with E-state index in [4.69, 9.17) is 11.0 Å². The van der Waals surface area contributed by atoms with E-state index in [0.29, 0.717) is 30.9 Å². The van der Waals surface area contributed by atoms with Gasteiger partial charge in [-0.3, -0.25) is 4.79 Å². The van der Waals surface area contributed by atoms with Gasteiger partial charge in [0, 0.05) is 26.3 Å². The third kappa shape index (κ3) is 2.54. The molecule has 0 radical (unpaired) electrons. The van der Waals surface area contributed by atoms with E-state index in [0.717, 1.165) is 0 Å². The molecular formula is C11H16N4O. The van der Waals surface area contributed by atoms with Crippen molar-refractivity contribution in [2.75, 3.05) is 19.3 Å². The van der Waals surface area contributed by atoms with Crippen LogP contribution < -0.4 is 5.73 Å². The first-order chi connectivity index (χ1) is 7.60. The van der Waals surface area contributed by atoms with E-state index in [-0.39, 0.29) is 5.91 Å². The predicted molar refractivity (Wildman–Crippen MR) is 61.7 cm³/mol. The van der Waals surface area contributed by atoms with Crippen molar-refractivity contribution in [2.45, 2.75) is 19.9 Å². The van der Waals surface area contributed by atoms with Gasteiger partial charge in [-0.05, 0) is 13.0 Å². The quantitative estimate of drug-likeness (QED) is 0.824. The minimum Gasteiger partial charge on any atom is -0.397 e. The number of nitrogen functional groups attached to an aromatic ring is 1. The summed E-state index contributed by atoms with van der Waals surface area (Å²) < 4.78 is 1.81. The first kappa shape index (κ1) is 12.1. The molecule has 5 nitrogen and oxygen atoms in total. The van der Waals surface area contributed by atoms with E-state index in [1.807, 2.05) is 13.0 Å². The molecule has 0 unspecified atom stereocenters. The monoisotopic (exact) mass is 220 g/mol. The van der Waals surface area contributed by atoms with Crippen LogP contribution in [0.2, 0.25) is 0 Å². The van der Waals surface area contributed by atoms with Crippen molar-refractivity contribution in [3.63, 3.8) is 0 Å². The van der Waals surface area contributed by atoms with E-state index in [1.165, 1.54) is 4.90 Å². The maximum absolute atomic E-state index is 12.0. The van der Waals surface area contributed by atoms with E-state index in [1.54, 1.807) is 23.9 Å². The number of aryl methyl sites for hydroxylation is 1. The number of nitrogens with zero attached hydrogens (tertiary/aromatic N) is 3. The molecule has 0 aliphatic carbocycles. The summed E-state index contributed by atoms with van der Waals surface area (Å²) in [4.78, 5) is 13.5. The lowest BCUT2D eigenvalue weighted by Gasteiger charge is -2.16. The van der Waals surface area contributed by atoms with Crippen LogP contribution in [0.3, 0.4) is 0 Å². The molecule has 0 bridgehead atoms. The second-order valence-electron chi connectivity index (χ2n) is 3.58. The molecule has 0 atom stereocenters. The molecular weight excluding hydrogens is 204 g/mol. The molecule has 0 aliphatic heterocycles. The van der Waals surface area contributed by atoms with Gasteiger partial charge < -0.3 is 15.2 Å². The van der Waals surface area contributed by atoms with E-state index >= 15 is 0 Å². The molecule has 1 heterocycles. The van der Waals surface area contributed by atoms with Crippen molar-refractivity contribution >= 4 is 11.6 Å². The molecule has 1 amide bonds. The molecule has 2 N–H and O–H groups in total. The fourth-order valence-electron chi connectivity index (χ4n) is 1.49. The Morgan fingerprint density at radius 3 is 2.94 bits per heavy atom. The summed E-state index contributed by atoms with van der Waals surface area (Å²) in [6.07, 6.45) is 2.08. The SMILES string of the molecule is CCn1cc(N)cc1C(=O)N(C)CCC#N. The molecule has 16 heavy (non-hydrogen) atoms. The van der Waals surface area contributed by atoms with Gasteiger partial charge in [0.05, 0.1) is 18.2 Å². The second kappa shape index (κ2) is 5.21. The summed E-state index contributed by atoms with van der Waals surface area (Å²) in [5.74, 6) is -0.103. The van der Waals surface area contributed by atoms with Crippen molar-refractivity contribution in [3.05, 3.63) is 18.0 Å². The smallest absolute Gasteiger partial charge is 0.270 e. The lowest BCUT2D eigenvalue weighted by atomic mass is 10.3. The highest BCUT2D eigenvalue weighted by Crippen LogP contribution is 2.12. The molecule has 1 rings (SSSR count). The highest BCUT2D eigenvalue weighted by atomic mass is 16.2. The number of carbonyl (C=O) groups is 1. The van der Waals surface area contributed by atoms with Crippen LogP contribution in [0.4, 0.5) is 5.69 Å². The summed E-state index contributed by atoms with van der Waals surface area (Å²) in [6, 6.07) is 3.67.